The largest absolute Gasteiger partial charge is 0.467 e. The van der Waals surface area contributed by atoms with Gasteiger partial charge in [0.05, 0.1) is 23.0 Å². The molecule has 37 heavy (non-hydrogen) atoms. The number of methoxy groups -OCH3 is 1. The average molecular weight is 545 g/mol. The van der Waals surface area contributed by atoms with Crippen LogP contribution in [0.15, 0.2) is 82.6 Å². The molecule has 0 heterocycles. The van der Waals surface area contributed by atoms with Crippen LogP contribution in [0.2, 0.25) is 5.02 Å². The van der Waals surface area contributed by atoms with Gasteiger partial charge in [0, 0.05) is 17.1 Å². The first-order valence-electron chi connectivity index (χ1n) is 11.6. The first kappa shape index (κ1) is 28.3. The minimum absolute atomic E-state index is 0.0321. The number of hydrogen-bond acceptors (Lipinski definition) is 7. The van der Waals surface area contributed by atoms with E-state index in [-0.39, 0.29) is 15.4 Å². The monoisotopic (exact) mass is 544 g/mol. The molecule has 3 aromatic rings. The Morgan fingerprint density at radius 1 is 1.00 bits per heavy atom. The van der Waals surface area contributed by atoms with Gasteiger partial charge in [-0.15, -0.1) is 0 Å². The fraction of sp³-hybridized carbons (Fsp3) is 0.259. The molecule has 3 aromatic carbocycles. The predicted octanol–water partition coefficient (Wildman–Crippen LogP) is 3.33. The normalized spacial score (nSPS) is 13.0. The van der Waals surface area contributed by atoms with Crippen molar-refractivity contribution in [1.29, 1.82) is 0 Å². The molecule has 0 unspecified atom stereocenters. The fourth-order valence-corrected chi connectivity index (χ4v) is 5.10. The van der Waals surface area contributed by atoms with Gasteiger partial charge in [-0.25, -0.2) is 13.2 Å². The van der Waals surface area contributed by atoms with Gasteiger partial charge < -0.3 is 20.5 Å². The molecular formula is C27H29ClN2O6S. The zero-order chi connectivity index (χ0) is 27.0. The standard InChI is InChI=1S/C27H29ClN2O6S/c1-18(27(33)36-2)30-26(32)21-6-4-8-24(16-21)37(34,35)23-11-9-19(10-12-23)13-14-29-17-25(31)20-5-3-7-22(28)15-20/h3-12,15-16,18,25,29,31H,13-14,17H2,1-2H3,(H,30,32)/t18-,25+/m1/s1. The number of aliphatic hydroxyl groups excluding tert-OH is 1. The van der Waals surface area contributed by atoms with Crippen molar-refractivity contribution in [2.75, 3.05) is 20.2 Å². The third-order valence-corrected chi connectivity index (χ3v) is 7.71. The van der Waals surface area contributed by atoms with E-state index in [0.717, 1.165) is 11.1 Å². The number of rotatable bonds is 11. The summed E-state index contributed by atoms with van der Waals surface area (Å²) in [5.74, 6) is -1.19. The number of hydrogen-bond donors (Lipinski definition) is 3. The highest BCUT2D eigenvalue weighted by Gasteiger charge is 2.21. The van der Waals surface area contributed by atoms with E-state index in [1.165, 1.54) is 50.4 Å². The van der Waals surface area contributed by atoms with Crippen molar-refractivity contribution in [2.24, 2.45) is 0 Å². The summed E-state index contributed by atoms with van der Waals surface area (Å²) in [5.41, 5.74) is 1.77. The lowest BCUT2D eigenvalue weighted by Gasteiger charge is -2.13. The van der Waals surface area contributed by atoms with Gasteiger partial charge in [0.1, 0.15) is 6.04 Å². The van der Waals surface area contributed by atoms with Crippen LogP contribution in [-0.2, 0) is 25.8 Å². The van der Waals surface area contributed by atoms with Crippen LogP contribution in [0.4, 0.5) is 0 Å². The molecule has 10 heteroatoms. The molecule has 8 nitrogen and oxygen atoms in total. The van der Waals surface area contributed by atoms with E-state index >= 15 is 0 Å². The van der Waals surface area contributed by atoms with Crippen LogP contribution in [0.3, 0.4) is 0 Å². The van der Waals surface area contributed by atoms with Gasteiger partial charge in [0.15, 0.2) is 0 Å². The van der Waals surface area contributed by atoms with Crippen LogP contribution in [-0.4, -0.2) is 51.6 Å². The van der Waals surface area contributed by atoms with Crippen molar-refractivity contribution in [2.45, 2.75) is 35.3 Å². The number of aliphatic hydroxyl groups is 1. The van der Waals surface area contributed by atoms with Crippen molar-refractivity contribution in [1.82, 2.24) is 10.6 Å². The second-order valence-electron chi connectivity index (χ2n) is 8.42. The van der Waals surface area contributed by atoms with Gasteiger partial charge in [0.25, 0.3) is 5.91 Å². The summed E-state index contributed by atoms with van der Waals surface area (Å²) in [7, 11) is -2.65. The van der Waals surface area contributed by atoms with E-state index in [1.54, 1.807) is 30.3 Å². The zero-order valence-electron chi connectivity index (χ0n) is 20.5. The highest BCUT2D eigenvalue weighted by atomic mass is 35.5. The molecule has 196 valence electrons. The van der Waals surface area contributed by atoms with Gasteiger partial charge in [-0.1, -0.05) is 41.9 Å². The molecule has 0 aromatic heterocycles. The number of amides is 1. The number of sulfone groups is 1. The Labute approximate surface area is 221 Å². The minimum atomic E-state index is -3.86. The lowest BCUT2D eigenvalue weighted by Crippen LogP contribution is -2.39. The van der Waals surface area contributed by atoms with Crippen LogP contribution >= 0.6 is 11.6 Å². The van der Waals surface area contributed by atoms with E-state index < -0.39 is 33.9 Å². The Hall–Kier alpha value is -3.24. The van der Waals surface area contributed by atoms with Gasteiger partial charge in [0.2, 0.25) is 9.84 Å². The van der Waals surface area contributed by atoms with Crippen molar-refractivity contribution in [3.05, 3.63) is 94.5 Å². The molecular weight excluding hydrogens is 516 g/mol. The summed E-state index contributed by atoms with van der Waals surface area (Å²) in [5, 5.41) is 16.5. The summed E-state index contributed by atoms with van der Waals surface area (Å²) in [6, 6.07) is 18.3. The average Bonchev–Trinajstić information content (AvgIpc) is 2.90. The molecule has 0 saturated heterocycles. The zero-order valence-corrected chi connectivity index (χ0v) is 22.1. The van der Waals surface area contributed by atoms with Gasteiger partial charge in [-0.3, -0.25) is 4.79 Å². The van der Waals surface area contributed by atoms with Crippen LogP contribution in [0.1, 0.15) is 34.5 Å². The minimum Gasteiger partial charge on any atom is -0.467 e. The Morgan fingerprint density at radius 2 is 1.70 bits per heavy atom. The Morgan fingerprint density at radius 3 is 2.38 bits per heavy atom. The van der Waals surface area contributed by atoms with Crippen molar-refractivity contribution < 1.29 is 27.9 Å². The van der Waals surface area contributed by atoms with E-state index in [4.69, 9.17) is 11.6 Å². The molecule has 0 radical (unpaired) electrons. The molecule has 0 aliphatic heterocycles. The van der Waals surface area contributed by atoms with Gasteiger partial charge in [-0.05, 0) is 73.5 Å². The van der Waals surface area contributed by atoms with E-state index in [1.807, 2.05) is 6.07 Å². The second kappa shape index (κ2) is 12.8. The third-order valence-electron chi connectivity index (χ3n) is 5.70. The Kier molecular flexibility index (Phi) is 9.82. The summed E-state index contributed by atoms with van der Waals surface area (Å²) < 4.78 is 30.9. The molecule has 0 bridgehead atoms. The second-order valence-corrected chi connectivity index (χ2v) is 10.8. The summed E-state index contributed by atoms with van der Waals surface area (Å²) in [4.78, 5) is 24.1. The molecule has 2 atom stereocenters. The van der Waals surface area contributed by atoms with Crippen LogP contribution < -0.4 is 10.6 Å². The SMILES string of the molecule is COC(=O)[C@@H](C)NC(=O)c1cccc(S(=O)(=O)c2ccc(CCNC[C@H](O)c3cccc(Cl)c3)cc2)c1. The molecule has 3 N–H and O–H groups in total. The topological polar surface area (TPSA) is 122 Å². The lowest BCUT2D eigenvalue weighted by atomic mass is 10.1. The van der Waals surface area contributed by atoms with Crippen molar-refractivity contribution in [3.8, 4) is 0 Å². The number of carbonyl (C=O) groups excluding carboxylic acids is 2. The number of ether oxygens (including phenoxy) is 1. The summed E-state index contributed by atoms with van der Waals surface area (Å²) in [6.45, 7) is 2.42. The van der Waals surface area contributed by atoms with Gasteiger partial charge >= 0.3 is 5.97 Å². The molecule has 0 fully saturated rings. The molecule has 0 aliphatic rings. The summed E-state index contributed by atoms with van der Waals surface area (Å²) >= 11 is 5.96. The number of esters is 1. The summed E-state index contributed by atoms with van der Waals surface area (Å²) in [6.07, 6.45) is -0.0517. The van der Waals surface area contributed by atoms with Gasteiger partial charge in [-0.2, -0.15) is 0 Å². The quantitative estimate of drug-likeness (QED) is 0.250. The van der Waals surface area contributed by atoms with E-state index in [2.05, 4.69) is 15.4 Å². The first-order chi connectivity index (χ1) is 17.6. The Bertz CT molecular complexity index is 1350. The van der Waals surface area contributed by atoms with Crippen LogP contribution in [0.5, 0.6) is 0 Å². The van der Waals surface area contributed by atoms with E-state index in [9.17, 15) is 23.1 Å². The van der Waals surface area contributed by atoms with Crippen molar-refractivity contribution >= 4 is 33.3 Å². The molecule has 0 spiro atoms. The molecule has 0 saturated carbocycles. The Balaban J connectivity index is 1.59. The molecule has 0 aliphatic carbocycles. The van der Waals surface area contributed by atoms with Crippen LogP contribution in [0, 0.1) is 0 Å². The maximum atomic E-state index is 13.1. The number of nitrogens with one attached hydrogen (secondary N) is 2. The highest BCUT2D eigenvalue weighted by molar-refractivity contribution is 7.91. The number of carbonyl (C=O) groups is 2. The third kappa shape index (κ3) is 7.62. The predicted molar refractivity (Wildman–Crippen MR) is 140 cm³/mol. The maximum absolute atomic E-state index is 13.1. The first-order valence-corrected chi connectivity index (χ1v) is 13.4. The molecule has 1 amide bonds. The number of benzene rings is 3. The van der Waals surface area contributed by atoms with E-state index in [0.29, 0.717) is 24.5 Å². The highest BCUT2D eigenvalue weighted by Crippen LogP contribution is 2.22. The fourth-order valence-electron chi connectivity index (χ4n) is 3.59. The van der Waals surface area contributed by atoms with Crippen molar-refractivity contribution in [3.63, 3.8) is 0 Å². The smallest absolute Gasteiger partial charge is 0.328 e. The van der Waals surface area contributed by atoms with Crippen LogP contribution in [0.25, 0.3) is 0 Å². The maximum Gasteiger partial charge on any atom is 0.328 e. The lowest BCUT2D eigenvalue weighted by molar-refractivity contribution is -0.142. The number of halogens is 1. The molecule has 3 rings (SSSR count).